The summed E-state index contributed by atoms with van der Waals surface area (Å²) in [7, 11) is 0. The first-order valence-electron chi connectivity index (χ1n) is 8.16. The summed E-state index contributed by atoms with van der Waals surface area (Å²) >= 11 is 1.44. The van der Waals surface area contributed by atoms with Crippen LogP contribution in [0.1, 0.15) is 25.3 Å². The van der Waals surface area contributed by atoms with Crippen molar-refractivity contribution in [3.8, 4) is 10.8 Å². The van der Waals surface area contributed by atoms with E-state index in [1.54, 1.807) is 0 Å². The topological polar surface area (TPSA) is 77.1 Å². The zero-order chi connectivity index (χ0) is 17.6. The van der Waals surface area contributed by atoms with Crippen molar-refractivity contribution in [1.82, 2.24) is 9.78 Å². The Morgan fingerprint density at radius 1 is 1.28 bits per heavy atom. The minimum atomic E-state index is -0.555. The molecule has 25 heavy (non-hydrogen) atoms. The number of hydrogen-bond acceptors (Lipinski definition) is 5. The molecule has 1 N–H and O–H groups in total. The number of carbonyl (C=O) groups is 1. The molecule has 0 atom stereocenters. The second-order valence-corrected chi connectivity index (χ2v) is 6.57. The van der Waals surface area contributed by atoms with E-state index in [-0.39, 0.29) is 24.8 Å². The van der Waals surface area contributed by atoms with E-state index in [0.29, 0.717) is 0 Å². The third-order valence-electron chi connectivity index (χ3n) is 3.67. The van der Waals surface area contributed by atoms with Crippen molar-refractivity contribution < 1.29 is 9.21 Å². The van der Waals surface area contributed by atoms with Crippen LogP contribution in [0.25, 0.3) is 10.8 Å². The van der Waals surface area contributed by atoms with Gasteiger partial charge in [0.1, 0.15) is 0 Å². The van der Waals surface area contributed by atoms with E-state index in [2.05, 4.69) is 17.3 Å². The Balaban J connectivity index is 1.56. The molecule has 0 aliphatic rings. The van der Waals surface area contributed by atoms with Gasteiger partial charge in [-0.25, -0.2) is 4.79 Å². The summed E-state index contributed by atoms with van der Waals surface area (Å²) in [4.78, 5) is 24.7. The Morgan fingerprint density at radius 2 is 2.08 bits per heavy atom. The number of aromatic nitrogens is 2. The number of rotatable bonds is 7. The lowest BCUT2D eigenvalue weighted by Gasteiger charge is -2.06. The normalized spacial score (nSPS) is 10.8. The van der Waals surface area contributed by atoms with E-state index >= 15 is 0 Å². The Bertz CT molecular complexity index is 879. The minimum Gasteiger partial charge on any atom is -0.387 e. The third-order valence-corrected chi connectivity index (χ3v) is 4.52. The maximum absolute atomic E-state index is 12.1. The summed E-state index contributed by atoms with van der Waals surface area (Å²) in [5, 5.41) is 8.84. The van der Waals surface area contributed by atoms with E-state index in [9.17, 15) is 9.59 Å². The molecule has 0 spiro atoms. The van der Waals surface area contributed by atoms with E-state index < -0.39 is 5.76 Å². The molecule has 0 bridgehead atoms. The Labute approximate surface area is 149 Å². The molecule has 2 heterocycles. The number of carbonyl (C=O) groups excluding carboxylic acids is 1. The first-order valence-corrected chi connectivity index (χ1v) is 9.04. The highest BCUT2D eigenvalue weighted by Crippen LogP contribution is 2.21. The van der Waals surface area contributed by atoms with Crippen molar-refractivity contribution in [2.45, 2.75) is 32.7 Å². The van der Waals surface area contributed by atoms with Gasteiger partial charge in [-0.2, -0.15) is 4.68 Å². The van der Waals surface area contributed by atoms with Gasteiger partial charge < -0.3 is 9.73 Å². The number of amides is 1. The van der Waals surface area contributed by atoms with Crippen LogP contribution in [-0.4, -0.2) is 15.7 Å². The number of aryl methyl sites for hydroxylation is 2. The predicted molar refractivity (Wildman–Crippen MR) is 97.8 cm³/mol. The number of anilines is 1. The molecule has 0 saturated heterocycles. The van der Waals surface area contributed by atoms with Gasteiger partial charge in [0.15, 0.2) is 0 Å². The van der Waals surface area contributed by atoms with Crippen molar-refractivity contribution >= 4 is 22.9 Å². The Kier molecular flexibility index (Phi) is 5.45. The summed E-state index contributed by atoms with van der Waals surface area (Å²) in [6.07, 6.45) is 2.26. The summed E-state index contributed by atoms with van der Waals surface area (Å²) < 4.78 is 6.30. The van der Waals surface area contributed by atoms with Crippen molar-refractivity contribution in [2.24, 2.45) is 0 Å². The van der Waals surface area contributed by atoms with Gasteiger partial charge in [-0.15, -0.1) is 16.4 Å². The monoisotopic (exact) mass is 357 g/mol. The molecule has 7 heteroatoms. The fourth-order valence-corrected chi connectivity index (χ4v) is 3.07. The quantitative estimate of drug-likeness (QED) is 0.701. The molecule has 6 nitrogen and oxygen atoms in total. The highest BCUT2D eigenvalue weighted by molar-refractivity contribution is 7.13. The lowest BCUT2D eigenvalue weighted by Crippen LogP contribution is -2.20. The third kappa shape index (κ3) is 4.45. The van der Waals surface area contributed by atoms with Gasteiger partial charge in [0, 0.05) is 12.1 Å². The lowest BCUT2D eigenvalue weighted by molar-refractivity contribution is -0.116. The van der Waals surface area contributed by atoms with Crippen molar-refractivity contribution in [3.05, 3.63) is 57.9 Å². The van der Waals surface area contributed by atoms with Crippen LogP contribution in [-0.2, 0) is 17.8 Å². The fraction of sp³-hybridized carbons (Fsp3) is 0.278. The van der Waals surface area contributed by atoms with Gasteiger partial charge in [-0.05, 0) is 35.6 Å². The molecule has 130 valence electrons. The van der Waals surface area contributed by atoms with Crippen molar-refractivity contribution in [1.29, 1.82) is 0 Å². The molecule has 0 unspecified atom stereocenters. The molecular formula is C18H19N3O3S. The maximum atomic E-state index is 12.1. The number of hydrogen-bond donors (Lipinski definition) is 1. The second-order valence-electron chi connectivity index (χ2n) is 5.62. The standard InChI is InChI=1S/C18H19N3O3S/c1-2-4-13-6-8-14(9-7-13)19-16(22)10-11-21-18(23)24-17(20-21)15-5-3-12-25-15/h3,5-9,12H,2,4,10-11H2,1H3,(H,19,22). The highest BCUT2D eigenvalue weighted by atomic mass is 32.1. The summed E-state index contributed by atoms with van der Waals surface area (Å²) in [6, 6.07) is 11.5. The molecule has 3 rings (SSSR count). The number of nitrogens with zero attached hydrogens (tertiary/aromatic N) is 2. The van der Waals surface area contributed by atoms with Gasteiger partial charge >= 0.3 is 5.76 Å². The smallest absolute Gasteiger partial charge is 0.387 e. The van der Waals surface area contributed by atoms with Gasteiger partial charge in [-0.1, -0.05) is 31.5 Å². The molecule has 3 aromatic rings. The zero-order valence-electron chi connectivity index (χ0n) is 13.9. The minimum absolute atomic E-state index is 0.146. The van der Waals surface area contributed by atoms with Crippen LogP contribution in [0, 0.1) is 0 Å². The van der Waals surface area contributed by atoms with Gasteiger partial charge in [0.05, 0.1) is 11.4 Å². The van der Waals surface area contributed by atoms with E-state index in [0.717, 1.165) is 23.4 Å². The van der Waals surface area contributed by atoms with Crippen LogP contribution < -0.4 is 11.1 Å². The molecule has 0 aliphatic heterocycles. The van der Waals surface area contributed by atoms with Gasteiger partial charge in [0.2, 0.25) is 5.91 Å². The number of benzene rings is 1. The maximum Gasteiger partial charge on any atom is 0.437 e. The van der Waals surface area contributed by atoms with Gasteiger partial charge in [-0.3, -0.25) is 4.79 Å². The average Bonchev–Trinajstić information content (AvgIpc) is 3.25. The average molecular weight is 357 g/mol. The lowest BCUT2D eigenvalue weighted by atomic mass is 10.1. The predicted octanol–water partition coefficient (Wildman–Crippen LogP) is 3.55. The molecule has 1 aromatic carbocycles. The molecule has 2 aromatic heterocycles. The Morgan fingerprint density at radius 3 is 2.76 bits per heavy atom. The van der Waals surface area contributed by atoms with E-state index in [1.807, 2.05) is 41.8 Å². The zero-order valence-corrected chi connectivity index (χ0v) is 14.7. The van der Waals surface area contributed by atoms with Crippen LogP contribution in [0.15, 0.2) is 51.0 Å². The molecule has 0 radical (unpaired) electrons. The van der Waals surface area contributed by atoms with Crippen LogP contribution in [0.5, 0.6) is 0 Å². The molecule has 0 saturated carbocycles. The van der Waals surface area contributed by atoms with Crippen molar-refractivity contribution in [3.63, 3.8) is 0 Å². The molecule has 0 aliphatic carbocycles. The second kappa shape index (κ2) is 7.94. The van der Waals surface area contributed by atoms with Crippen molar-refractivity contribution in [2.75, 3.05) is 5.32 Å². The van der Waals surface area contributed by atoms with E-state index in [1.165, 1.54) is 21.6 Å². The molecular weight excluding hydrogens is 338 g/mol. The SMILES string of the molecule is CCCc1ccc(NC(=O)CCn2nc(-c3cccs3)oc2=O)cc1. The first-order chi connectivity index (χ1) is 12.2. The first kappa shape index (κ1) is 17.2. The summed E-state index contributed by atoms with van der Waals surface area (Å²) in [5.41, 5.74) is 1.99. The van der Waals surface area contributed by atoms with Gasteiger partial charge in [0.25, 0.3) is 5.89 Å². The fourth-order valence-electron chi connectivity index (χ4n) is 2.42. The van der Waals surface area contributed by atoms with Crippen LogP contribution in [0.4, 0.5) is 5.69 Å². The van der Waals surface area contributed by atoms with E-state index in [4.69, 9.17) is 4.42 Å². The number of thiophene rings is 1. The Hall–Kier alpha value is -2.67. The van der Waals surface area contributed by atoms with Crippen LogP contribution in [0.3, 0.4) is 0 Å². The number of nitrogens with one attached hydrogen (secondary N) is 1. The summed E-state index contributed by atoms with van der Waals surface area (Å²) in [6.45, 7) is 2.30. The molecule has 0 fully saturated rings. The summed E-state index contributed by atoms with van der Waals surface area (Å²) in [5.74, 6) is -0.442. The van der Waals surface area contributed by atoms with Crippen LogP contribution >= 0.6 is 11.3 Å². The van der Waals surface area contributed by atoms with Crippen LogP contribution in [0.2, 0.25) is 0 Å². The largest absolute Gasteiger partial charge is 0.437 e. The highest BCUT2D eigenvalue weighted by Gasteiger charge is 2.12. The molecule has 1 amide bonds.